The first-order valence-electron chi connectivity index (χ1n) is 2.98. The van der Waals surface area contributed by atoms with Crippen molar-refractivity contribution in [3.63, 3.8) is 0 Å². The minimum atomic E-state index is 0.553. The molecule has 1 amide bonds. The Bertz CT molecular complexity index is 253. The molecule has 0 aliphatic carbocycles. The molecule has 0 saturated heterocycles. The molecular weight excluding hydrogens is 162 g/mol. The summed E-state index contributed by atoms with van der Waals surface area (Å²) in [6, 6.07) is 1.80. The Labute approximate surface area is 68.6 Å². The largest absolute Gasteiger partial charge is 0.296 e. The molecule has 11 heavy (non-hydrogen) atoms. The lowest BCUT2D eigenvalue weighted by molar-refractivity contribution is -0.107. The van der Waals surface area contributed by atoms with Gasteiger partial charge in [0.15, 0.2) is 0 Å². The van der Waals surface area contributed by atoms with Crippen molar-refractivity contribution in [2.45, 2.75) is 12.1 Å². The van der Waals surface area contributed by atoms with Crippen LogP contribution in [0.15, 0.2) is 17.4 Å². The van der Waals surface area contributed by atoms with Gasteiger partial charge < -0.3 is 0 Å². The third-order valence-electron chi connectivity index (χ3n) is 0.971. The van der Waals surface area contributed by atoms with Gasteiger partial charge in [-0.25, -0.2) is 9.97 Å². The maximum Gasteiger partial charge on any atom is 0.217 e. The highest BCUT2D eigenvalue weighted by molar-refractivity contribution is 7.97. The van der Waals surface area contributed by atoms with E-state index in [9.17, 15) is 4.79 Å². The first-order valence-corrected chi connectivity index (χ1v) is 3.80. The number of nitrogens with zero attached hydrogens (tertiary/aromatic N) is 2. The minimum absolute atomic E-state index is 0.553. The lowest BCUT2D eigenvalue weighted by atomic mass is 10.5. The van der Waals surface area contributed by atoms with Crippen molar-refractivity contribution in [3.05, 3.63) is 18.0 Å². The monoisotopic (exact) mass is 169 g/mol. The zero-order valence-corrected chi connectivity index (χ0v) is 6.76. The smallest absolute Gasteiger partial charge is 0.217 e. The number of hydrogen-bond acceptors (Lipinski definition) is 4. The number of carbonyl (C=O) groups excluding carboxylic acids is 1. The Morgan fingerprint density at radius 1 is 1.73 bits per heavy atom. The van der Waals surface area contributed by atoms with E-state index in [0.29, 0.717) is 11.6 Å². The second-order valence-electron chi connectivity index (χ2n) is 1.82. The number of nitrogens with one attached hydrogen (secondary N) is 1. The molecule has 0 radical (unpaired) electrons. The van der Waals surface area contributed by atoms with E-state index in [-0.39, 0.29) is 0 Å². The van der Waals surface area contributed by atoms with Crippen LogP contribution >= 0.6 is 11.9 Å². The SMILES string of the molecule is Cc1ccnc(SNC=O)n1. The Morgan fingerprint density at radius 2 is 2.55 bits per heavy atom. The fourth-order valence-electron chi connectivity index (χ4n) is 0.552. The van der Waals surface area contributed by atoms with Crippen molar-refractivity contribution in [2.75, 3.05) is 0 Å². The molecule has 0 spiro atoms. The fourth-order valence-corrected chi connectivity index (χ4v) is 1.01. The number of aromatic nitrogens is 2. The molecule has 0 saturated carbocycles. The molecule has 1 heterocycles. The van der Waals surface area contributed by atoms with E-state index in [0.717, 1.165) is 17.6 Å². The normalized spacial score (nSPS) is 9.18. The lowest BCUT2D eigenvalue weighted by Crippen LogP contribution is -2.00. The second-order valence-corrected chi connectivity index (χ2v) is 2.62. The third kappa shape index (κ3) is 2.55. The van der Waals surface area contributed by atoms with Crippen molar-refractivity contribution < 1.29 is 4.79 Å². The molecule has 0 atom stereocenters. The van der Waals surface area contributed by atoms with Crippen molar-refractivity contribution >= 4 is 18.4 Å². The quantitative estimate of drug-likeness (QED) is 0.407. The molecule has 58 valence electrons. The molecule has 0 fully saturated rings. The van der Waals surface area contributed by atoms with E-state index in [2.05, 4.69) is 14.7 Å². The predicted molar refractivity (Wildman–Crippen MR) is 41.8 cm³/mol. The van der Waals surface area contributed by atoms with Gasteiger partial charge in [-0.05, 0) is 13.0 Å². The molecule has 1 aromatic heterocycles. The van der Waals surface area contributed by atoms with E-state index in [4.69, 9.17) is 0 Å². The Hall–Kier alpha value is -1.10. The van der Waals surface area contributed by atoms with Crippen LogP contribution in [0.3, 0.4) is 0 Å². The van der Waals surface area contributed by atoms with Gasteiger partial charge in [0, 0.05) is 23.8 Å². The van der Waals surface area contributed by atoms with Crippen molar-refractivity contribution in [2.24, 2.45) is 0 Å². The van der Waals surface area contributed by atoms with E-state index in [1.165, 1.54) is 0 Å². The third-order valence-corrected chi connectivity index (χ3v) is 1.56. The zero-order valence-electron chi connectivity index (χ0n) is 5.94. The van der Waals surface area contributed by atoms with Crippen molar-refractivity contribution in [1.82, 2.24) is 14.7 Å². The van der Waals surface area contributed by atoms with E-state index < -0.39 is 0 Å². The van der Waals surface area contributed by atoms with Gasteiger partial charge in [0.25, 0.3) is 0 Å². The summed E-state index contributed by atoms with van der Waals surface area (Å²) >= 11 is 1.09. The highest BCUT2D eigenvalue weighted by Crippen LogP contribution is 2.05. The zero-order chi connectivity index (χ0) is 8.10. The van der Waals surface area contributed by atoms with Crippen LogP contribution in [0.4, 0.5) is 0 Å². The van der Waals surface area contributed by atoms with Gasteiger partial charge in [0.2, 0.25) is 11.6 Å². The molecule has 0 aromatic carbocycles. The molecule has 0 aliphatic rings. The van der Waals surface area contributed by atoms with Gasteiger partial charge in [-0.15, -0.1) is 0 Å². The lowest BCUT2D eigenvalue weighted by Gasteiger charge is -1.96. The summed E-state index contributed by atoms with van der Waals surface area (Å²) in [6.07, 6.45) is 2.24. The van der Waals surface area contributed by atoms with Crippen molar-refractivity contribution in [1.29, 1.82) is 0 Å². The maximum absolute atomic E-state index is 9.88. The van der Waals surface area contributed by atoms with Crippen LogP contribution in [-0.4, -0.2) is 16.4 Å². The summed E-state index contributed by atoms with van der Waals surface area (Å²) in [6.45, 7) is 1.87. The van der Waals surface area contributed by atoms with Gasteiger partial charge >= 0.3 is 0 Å². The Kier molecular flexibility index (Phi) is 2.85. The second kappa shape index (κ2) is 3.92. The summed E-state index contributed by atoms with van der Waals surface area (Å²) < 4.78 is 2.40. The summed E-state index contributed by atoms with van der Waals surface area (Å²) in [5.41, 5.74) is 0.884. The van der Waals surface area contributed by atoms with Crippen LogP contribution in [-0.2, 0) is 4.79 Å². The first kappa shape index (κ1) is 8.00. The molecule has 0 unspecified atom stereocenters. The number of carbonyl (C=O) groups is 1. The van der Waals surface area contributed by atoms with Gasteiger partial charge in [-0.1, -0.05) is 0 Å². The average Bonchev–Trinajstić information content (AvgIpc) is 2.01. The Morgan fingerprint density at radius 3 is 3.18 bits per heavy atom. The number of hydrogen-bond donors (Lipinski definition) is 1. The van der Waals surface area contributed by atoms with Crippen LogP contribution in [0.2, 0.25) is 0 Å². The number of amides is 1. The molecule has 0 bridgehead atoms. The Balaban J connectivity index is 2.63. The molecule has 5 heteroatoms. The highest BCUT2D eigenvalue weighted by atomic mass is 32.2. The summed E-state index contributed by atoms with van der Waals surface area (Å²) in [4.78, 5) is 17.8. The van der Waals surface area contributed by atoms with E-state index in [1.807, 2.05) is 6.92 Å². The molecule has 1 aromatic rings. The van der Waals surface area contributed by atoms with Gasteiger partial charge in [-0.2, -0.15) is 0 Å². The van der Waals surface area contributed by atoms with Gasteiger partial charge in [-0.3, -0.25) is 9.52 Å². The standard InChI is InChI=1S/C6H7N3OS/c1-5-2-3-7-6(9-5)11-8-4-10/h2-4H,1H3,(H,8,10). The number of aryl methyl sites for hydroxylation is 1. The fraction of sp³-hybridized carbons (Fsp3) is 0.167. The highest BCUT2D eigenvalue weighted by Gasteiger charge is 1.94. The van der Waals surface area contributed by atoms with Gasteiger partial charge in [0.1, 0.15) is 0 Å². The summed E-state index contributed by atoms with van der Waals surface area (Å²) in [5.74, 6) is 0. The maximum atomic E-state index is 9.88. The van der Waals surface area contributed by atoms with Crippen molar-refractivity contribution in [3.8, 4) is 0 Å². The first-order chi connectivity index (χ1) is 5.33. The van der Waals surface area contributed by atoms with Crippen LogP contribution in [0.1, 0.15) is 5.69 Å². The number of rotatable bonds is 3. The van der Waals surface area contributed by atoms with Crippen LogP contribution in [0.25, 0.3) is 0 Å². The van der Waals surface area contributed by atoms with E-state index in [1.54, 1.807) is 12.3 Å². The minimum Gasteiger partial charge on any atom is -0.296 e. The molecule has 4 nitrogen and oxygen atoms in total. The van der Waals surface area contributed by atoms with Crippen LogP contribution in [0, 0.1) is 6.92 Å². The van der Waals surface area contributed by atoms with Gasteiger partial charge in [0.05, 0.1) is 0 Å². The summed E-state index contributed by atoms with van der Waals surface area (Å²) in [5, 5.41) is 0.553. The van der Waals surface area contributed by atoms with Crippen LogP contribution in [0.5, 0.6) is 0 Å². The molecule has 0 aliphatic heterocycles. The van der Waals surface area contributed by atoms with E-state index >= 15 is 0 Å². The predicted octanol–water partition coefficient (Wildman–Crippen LogP) is 0.538. The molecular formula is C6H7N3OS. The summed E-state index contributed by atoms with van der Waals surface area (Å²) in [7, 11) is 0. The molecule has 1 N–H and O–H groups in total. The van der Waals surface area contributed by atoms with Crippen LogP contribution < -0.4 is 4.72 Å². The molecule has 1 rings (SSSR count). The topological polar surface area (TPSA) is 54.9 Å². The average molecular weight is 169 g/mol.